The number of carbonyl (C=O) groups is 2. The topological polar surface area (TPSA) is 111 Å². The first-order valence-corrected chi connectivity index (χ1v) is 11.2. The second kappa shape index (κ2) is 10.4. The Morgan fingerprint density at radius 1 is 1.13 bits per heavy atom. The maximum Gasteiger partial charge on any atom is 0.340 e. The molecule has 2 aromatic rings. The van der Waals surface area contributed by atoms with Gasteiger partial charge in [-0.25, -0.2) is 17.5 Å². The quantitative estimate of drug-likeness (QED) is 0.547. The summed E-state index contributed by atoms with van der Waals surface area (Å²) in [5, 5.41) is 4.34. The lowest BCUT2D eigenvalue weighted by Crippen LogP contribution is -2.28. The molecule has 0 aliphatic heterocycles. The molecule has 2 rings (SSSR count). The molecule has 1 N–H and O–H groups in total. The summed E-state index contributed by atoms with van der Waals surface area (Å²) in [5.41, 5.74) is 0.324. The number of anilines is 1. The molecule has 0 saturated carbocycles. The standard InChI is InChI=1S/C19H24N2O7S2/c1-21(30(24,25)18-8-6-10-29-18)9-5-7-17(22)20-14-12-16(27-3)15(26-2)11-13(14)19(23)28-4/h6,8,10-12H,5,7,9H2,1-4H3,(H,20,22). The van der Waals surface area contributed by atoms with Gasteiger partial charge in [-0.1, -0.05) is 6.07 Å². The summed E-state index contributed by atoms with van der Waals surface area (Å²) in [5.74, 6) is -0.374. The minimum atomic E-state index is -3.56. The minimum absolute atomic E-state index is 0.0548. The zero-order chi connectivity index (χ0) is 22.3. The number of rotatable bonds is 10. The number of benzene rings is 1. The summed E-state index contributed by atoms with van der Waals surface area (Å²) in [6, 6.07) is 6.09. The van der Waals surface area contributed by atoms with E-state index in [0.717, 1.165) is 11.3 Å². The van der Waals surface area contributed by atoms with E-state index in [1.807, 2.05) is 0 Å². The lowest BCUT2D eigenvalue weighted by atomic mass is 10.1. The average molecular weight is 457 g/mol. The lowest BCUT2D eigenvalue weighted by molar-refractivity contribution is -0.116. The third kappa shape index (κ3) is 5.49. The molecule has 0 aliphatic rings. The summed E-state index contributed by atoms with van der Waals surface area (Å²) in [6.07, 6.45) is 0.354. The Kier molecular flexibility index (Phi) is 8.21. The van der Waals surface area contributed by atoms with Crippen LogP contribution in [0.5, 0.6) is 11.5 Å². The number of hydrogen-bond donors (Lipinski definition) is 1. The summed E-state index contributed by atoms with van der Waals surface area (Å²) in [6.45, 7) is 0.170. The van der Waals surface area contributed by atoms with Crippen molar-refractivity contribution in [2.24, 2.45) is 0 Å². The van der Waals surface area contributed by atoms with Gasteiger partial charge < -0.3 is 19.5 Å². The predicted octanol–water partition coefficient (Wildman–Crippen LogP) is 2.59. The summed E-state index contributed by atoms with van der Waals surface area (Å²) in [7, 11) is 2.00. The fraction of sp³-hybridized carbons (Fsp3) is 0.368. The highest BCUT2D eigenvalue weighted by molar-refractivity contribution is 7.91. The molecule has 164 valence electrons. The molecule has 0 aliphatic carbocycles. The second-order valence-electron chi connectivity index (χ2n) is 6.15. The van der Waals surface area contributed by atoms with Gasteiger partial charge in [-0.15, -0.1) is 11.3 Å². The molecule has 11 heteroatoms. The first-order valence-electron chi connectivity index (χ1n) is 8.88. The Morgan fingerprint density at radius 3 is 2.37 bits per heavy atom. The van der Waals surface area contributed by atoms with E-state index in [9.17, 15) is 18.0 Å². The van der Waals surface area contributed by atoms with E-state index >= 15 is 0 Å². The monoisotopic (exact) mass is 456 g/mol. The van der Waals surface area contributed by atoms with Crippen LogP contribution in [0.25, 0.3) is 0 Å². The van der Waals surface area contributed by atoms with Gasteiger partial charge in [0.05, 0.1) is 32.6 Å². The highest BCUT2D eigenvalue weighted by Gasteiger charge is 2.22. The van der Waals surface area contributed by atoms with Gasteiger partial charge in [-0.3, -0.25) is 4.79 Å². The number of methoxy groups -OCH3 is 3. The van der Waals surface area contributed by atoms with Crippen LogP contribution in [0.1, 0.15) is 23.2 Å². The molecule has 9 nitrogen and oxygen atoms in total. The highest BCUT2D eigenvalue weighted by atomic mass is 32.2. The van der Waals surface area contributed by atoms with E-state index in [1.165, 1.54) is 50.9 Å². The van der Waals surface area contributed by atoms with Gasteiger partial charge in [-0.2, -0.15) is 0 Å². The number of amides is 1. The van der Waals surface area contributed by atoms with E-state index in [1.54, 1.807) is 11.4 Å². The van der Waals surface area contributed by atoms with Crippen LogP contribution in [0.4, 0.5) is 5.69 Å². The summed E-state index contributed by atoms with van der Waals surface area (Å²) < 4.78 is 41.4. The third-order valence-corrected chi connectivity index (χ3v) is 7.47. The van der Waals surface area contributed by atoms with Crippen LogP contribution in [0.3, 0.4) is 0 Å². The molecular weight excluding hydrogens is 432 g/mol. The van der Waals surface area contributed by atoms with Crippen molar-refractivity contribution in [3.05, 3.63) is 35.2 Å². The van der Waals surface area contributed by atoms with Crippen molar-refractivity contribution in [3.8, 4) is 11.5 Å². The molecule has 0 spiro atoms. The van der Waals surface area contributed by atoms with Gasteiger partial charge in [-0.05, 0) is 17.9 Å². The zero-order valence-electron chi connectivity index (χ0n) is 17.1. The Bertz CT molecular complexity index is 989. The predicted molar refractivity (Wildman–Crippen MR) is 113 cm³/mol. The molecule has 1 aromatic heterocycles. The number of ether oxygens (including phenoxy) is 3. The first-order chi connectivity index (χ1) is 14.2. The van der Waals surface area contributed by atoms with Crippen molar-refractivity contribution in [2.45, 2.75) is 17.1 Å². The smallest absolute Gasteiger partial charge is 0.340 e. The van der Waals surface area contributed by atoms with Gasteiger partial charge >= 0.3 is 5.97 Å². The number of sulfonamides is 1. The van der Waals surface area contributed by atoms with Gasteiger partial charge in [0.15, 0.2) is 11.5 Å². The van der Waals surface area contributed by atoms with Crippen molar-refractivity contribution in [3.63, 3.8) is 0 Å². The molecule has 0 radical (unpaired) electrons. The number of thiophene rings is 1. The van der Waals surface area contributed by atoms with E-state index in [0.29, 0.717) is 17.9 Å². The minimum Gasteiger partial charge on any atom is -0.493 e. The Balaban J connectivity index is 2.04. The number of esters is 1. The molecule has 1 aromatic carbocycles. The van der Waals surface area contributed by atoms with Gasteiger partial charge in [0.1, 0.15) is 4.21 Å². The summed E-state index contributed by atoms with van der Waals surface area (Å²) >= 11 is 1.14. The molecule has 0 fully saturated rings. The van der Waals surface area contributed by atoms with E-state index in [4.69, 9.17) is 14.2 Å². The van der Waals surface area contributed by atoms with Crippen molar-refractivity contribution in [1.29, 1.82) is 0 Å². The summed E-state index contributed by atoms with van der Waals surface area (Å²) in [4.78, 5) is 24.5. The maximum atomic E-state index is 12.4. The van der Waals surface area contributed by atoms with Crippen LogP contribution in [0, 0.1) is 0 Å². The van der Waals surface area contributed by atoms with Gasteiger partial charge in [0.25, 0.3) is 10.0 Å². The number of nitrogens with zero attached hydrogens (tertiary/aromatic N) is 1. The molecule has 0 atom stereocenters. The van der Waals surface area contributed by atoms with Crippen LogP contribution in [0.15, 0.2) is 33.9 Å². The van der Waals surface area contributed by atoms with Crippen LogP contribution >= 0.6 is 11.3 Å². The normalized spacial score (nSPS) is 11.2. The molecule has 0 unspecified atom stereocenters. The molecule has 0 bridgehead atoms. The second-order valence-corrected chi connectivity index (χ2v) is 9.37. The highest BCUT2D eigenvalue weighted by Crippen LogP contribution is 2.34. The molecule has 30 heavy (non-hydrogen) atoms. The zero-order valence-corrected chi connectivity index (χ0v) is 18.8. The first kappa shape index (κ1) is 23.6. The number of nitrogens with one attached hydrogen (secondary N) is 1. The maximum absolute atomic E-state index is 12.4. The van der Waals surface area contributed by atoms with E-state index in [2.05, 4.69) is 5.32 Å². The average Bonchev–Trinajstić information content (AvgIpc) is 3.28. The largest absolute Gasteiger partial charge is 0.493 e. The fourth-order valence-corrected chi connectivity index (χ4v) is 5.03. The van der Waals surface area contributed by atoms with Crippen molar-refractivity contribution >= 4 is 38.9 Å². The fourth-order valence-electron chi connectivity index (χ4n) is 2.62. The lowest BCUT2D eigenvalue weighted by Gasteiger charge is -2.16. The molecule has 1 amide bonds. The molecular formula is C19H24N2O7S2. The molecule has 1 heterocycles. The third-order valence-electron chi connectivity index (χ3n) is 4.24. The Morgan fingerprint density at radius 2 is 1.80 bits per heavy atom. The Labute approximate surface area is 179 Å². The SMILES string of the molecule is COC(=O)c1cc(OC)c(OC)cc1NC(=O)CCCN(C)S(=O)(=O)c1cccs1. The van der Waals surface area contributed by atoms with Crippen LogP contribution in [0.2, 0.25) is 0 Å². The van der Waals surface area contributed by atoms with Crippen molar-refractivity contribution in [2.75, 3.05) is 40.2 Å². The van der Waals surface area contributed by atoms with Crippen LogP contribution in [-0.2, 0) is 19.6 Å². The van der Waals surface area contributed by atoms with Crippen LogP contribution < -0.4 is 14.8 Å². The van der Waals surface area contributed by atoms with Crippen molar-refractivity contribution in [1.82, 2.24) is 4.31 Å². The van der Waals surface area contributed by atoms with Crippen molar-refractivity contribution < 1.29 is 32.2 Å². The number of hydrogen-bond acceptors (Lipinski definition) is 8. The number of carbonyl (C=O) groups excluding carboxylic acids is 2. The van der Waals surface area contributed by atoms with Crippen LogP contribution in [-0.4, -0.2) is 59.5 Å². The van der Waals surface area contributed by atoms with Gasteiger partial charge in [0.2, 0.25) is 5.91 Å². The molecule has 0 saturated heterocycles. The Hall–Kier alpha value is -2.63. The van der Waals surface area contributed by atoms with Gasteiger partial charge in [0, 0.05) is 32.1 Å². The van der Waals surface area contributed by atoms with E-state index < -0.39 is 16.0 Å². The van der Waals surface area contributed by atoms with E-state index in [-0.39, 0.29) is 34.3 Å².